The van der Waals surface area contributed by atoms with Crippen LogP contribution in [0.3, 0.4) is 0 Å². The number of nitrogens with one attached hydrogen (secondary N) is 1. The number of rotatable bonds is 11. The lowest BCUT2D eigenvalue weighted by atomic mass is 10.0. The highest BCUT2D eigenvalue weighted by atomic mass is 35.5. The van der Waals surface area contributed by atoms with Gasteiger partial charge in [-0.05, 0) is 56.2 Å². The van der Waals surface area contributed by atoms with Crippen molar-refractivity contribution < 1.29 is 18.0 Å². The van der Waals surface area contributed by atoms with Crippen LogP contribution in [0.5, 0.6) is 0 Å². The highest BCUT2D eigenvalue weighted by Gasteiger charge is 2.34. The van der Waals surface area contributed by atoms with E-state index >= 15 is 0 Å². The topological polar surface area (TPSA) is 86.8 Å². The van der Waals surface area contributed by atoms with Crippen molar-refractivity contribution in [3.8, 4) is 0 Å². The second-order valence-corrected chi connectivity index (χ2v) is 12.4. The van der Waals surface area contributed by atoms with E-state index in [1.807, 2.05) is 57.2 Å². The zero-order valence-corrected chi connectivity index (χ0v) is 24.7. The summed E-state index contributed by atoms with van der Waals surface area (Å²) >= 11 is 12.9. The number of benzene rings is 3. The van der Waals surface area contributed by atoms with E-state index in [0.29, 0.717) is 21.3 Å². The molecule has 0 radical (unpaired) electrons. The van der Waals surface area contributed by atoms with Crippen molar-refractivity contribution in [3.05, 3.63) is 99.5 Å². The lowest BCUT2D eigenvalue weighted by Crippen LogP contribution is -2.54. The van der Waals surface area contributed by atoms with Crippen molar-refractivity contribution in [1.29, 1.82) is 0 Å². The molecule has 0 aromatic heterocycles. The molecule has 0 heterocycles. The fourth-order valence-corrected chi connectivity index (χ4v) is 5.54. The summed E-state index contributed by atoms with van der Waals surface area (Å²) in [6.07, 6.45) is 1.25. The minimum absolute atomic E-state index is 0.0915. The van der Waals surface area contributed by atoms with Crippen molar-refractivity contribution in [2.75, 3.05) is 17.1 Å². The highest BCUT2D eigenvalue weighted by Crippen LogP contribution is 2.28. The Morgan fingerprint density at radius 1 is 0.923 bits per heavy atom. The summed E-state index contributed by atoms with van der Waals surface area (Å²) in [6, 6.07) is 20.0. The molecule has 208 valence electrons. The maximum absolute atomic E-state index is 14.1. The largest absolute Gasteiger partial charge is 0.352 e. The lowest BCUT2D eigenvalue weighted by molar-refractivity contribution is -0.140. The van der Waals surface area contributed by atoms with Crippen LogP contribution in [-0.2, 0) is 32.6 Å². The minimum atomic E-state index is -3.84. The number of anilines is 1. The highest BCUT2D eigenvalue weighted by molar-refractivity contribution is 7.92. The first-order valence-electron chi connectivity index (χ1n) is 12.5. The summed E-state index contributed by atoms with van der Waals surface area (Å²) in [6.45, 7) is 4.90. The van der Waals surface area contributed by atoms with Gasteiger partial charge in [-0.25, -0.2) is 8.42 Å². The van der Waals surface area contributed by atoms with E-state index in [2.05, 4.69) is 5.32 Å². The summed E-state index contributed by atoms with van der Waals surface area (Å²) in [4.78, 5) is 29.0. The Balaban J connectivity index is 2.10. The number of halogens is 2. The Bertz CT molecular complexity index is 1390. The molecule has 0 saturated carbocycles. The maximum Gasteiger partial charge on any atom is 0.244 e. The van der Waals surface area contributed by atoms with Crippen molar-refractivity contribution in [2.45, 2.75) is 45.8 Å². The number of hydrogen-bond donors (Lipinski definition) is 1. The molecular weight excluding hydrogens is 557 g/mol. The van der Waals surface area contributed by atoms with Crippen molar-refractivity contribution in [1.82, 2.24) is 10.2 Å². The van der Waals surface area contributed by atoms with Gasteiger partial charge in [-0.2, -0.15) is 0 Å². The Morgan fingerprint density at radius 3 is 2.10 bits per heavy atom. The third-order valence-corrected chi connectivity index (χ3v) is 7.91. The molecule has 0 fully saturated rings. The first-order valence-corrected chi connectivity index (χ1v) is 15.1. The molecule has 10 heteroatoms. The van der Waals surface area contributed by atoms with Crippen LogP contribution in [0.25, 0.3) is 0 Å². The molecule has 1 unspecified atom stereocenters. The molecule has 2 amide bonds. The number of amides is 2. The summed E-state index contributed by atoms with van der Waals surface area (Å²) in [5, 5.41) is 3.58. The normalized spacial score (nSPS) is 12.2. The fraction of sp³-hybridized carbons (Fsp3) is 0.310. The van der Waals surface area contributed by atoms with E-state index in [1.165, 1.54) is 4.90 Å². The lowest BCUT2D eigenvalue weighted by Gasteiger charge is -2.34. The zero-order valence-electron chi connectivity index (χ0n) is 22.4. The van der Waals surface area contributed by atoms with E-state index in [1.54, 1.807) is 36.4 Å². The predicted octanol–water partition coefficient (Wildman–Crippen LogP) is 5.23. The van der Waals surface area contributed by atoms with Gasteiger partial charge in [-0.1, -0.05) is 71.7 Å². The average Bonchev–Trinajstić information content (AvgIpc) is 2.85. The van der Waals surface area contributed by atoms with E-state index < -0.39 is 28.5 Å². The number of carbonyl (C=O) groups excluding carboxylic acids is 2. The number of sulfonamides is 1. The van der Waals surface area contributed by atoms with Gasteiger partial charge in [0.05, 0.1) is 11.9 Å². The van der Waals surface area contributed by atoms with Crippen LogP contribution in [0, 0.1) is 6.92 Å². The Morgan fingerprint density at radius 2 is 1.54 bits per heavy atom. The van der Waals surface area contributed by atoms with Crippen molar-refractivity contribution in [2.24, 2.45) is 0 Å². The Kier molecular flexibility index (Phi) is 10.4. The zero-order chi connectivity index (χ0) is 28.7. The Labute approximate surface area is 240 Å². The van der Waals surface area contributed by atoms with Crippen LogP contribution >= 0.6 is 23.2 Å². The van der Waals surface area contributed by atoms with Crippen LogP contribution in [0.4, 0.5) is 5.69 Å². The van der Waals surface area contributed by atoms with Crippen molar-refractivity contribution in [3.63, 3.8) is 0 Å². The monoisotopic (exact) mass is 589 g/mol. The molecule has 3 aromatic carbocycles. The summed E-state index contributed by atoms with van der Waals surface area (Å²) < 4.78 is 26.7. The van der Waals surface area contributed by atoms with Crippen molar-refractivity contribution >= 4 is 50.7 Å². The molecule has 1 N–H and O–H groups in total. The molecule has 7 nitrogen and oxygen atoms in total. The van der Waals surface area contributed by atoms with Gasteiger partial charge in [0.2, 0.25) is 21.8 Å². The quantitative estimate of drug-likeness (QED) is 0.331. The van der Waals surface area contributed by atoms with Crippen LogP contribution in [0.15, 0.2) is 72.8 Å². The Hall–Kier alpha value is -3.07. The predicted molar refractivity (Wildman–Crippen MR) is 158 cm³/mol. The first kappa shape index (κ1) is 30.5. The molecule has 0 aliphatic carbocycles. The molecule has 0 aliphatic rings. The molecule has 1 atom stereocenters. The third kappa shape index (κ3) is 8.46. The fourth-order valence-electron chi connectivity index (χ4n) is 4.19. The van der Waals surface area contributed by atoms with Gasteiger partial charge in [0, 0.05) is 34.6 Å². The van der Waals surface area contributed by atoms with Gasteiger partial charge in [-0.15, -0.1) is 0 Å². The molecule has 39 heavy (non-hydrogen) atoms. The first-order chi connectivity index (χ1) is 18.4. The molecule has 0 saturated heterocycles. The molecule has 0 aliphatic heterocycles. The number of aryl methyl sites for hydroxylation is 1. The number of nitrogens with zero attached hydrogens (tertiary/aromatic N) is 2. The van der Waals surface area contributed by atoms with Crippen LogP contribution in [-0.4, -0.2) is 50.0 Å². The average molecular weight is 591 g/mol. The molecule has 3 aromatic rings. The second-order valence-electron chi connectivity index (χ2n) is 9.70. The third-order valence-electron chi connectivity index (χ3n) is 6.06. The summed E-state index contributed by atoms with van der Waals surface area (Å²) in [5.41, 5.74) is 2.49. The van der Waals surface area contributed by atoms with Gasteiger partial charge < -0.3 is 10.2 Å². The van der Waals surface area contributed by atoms with E-state index in [9.17, 15) is 18.0 Å². The molecule has 0 spiro atoms. The molecular formula is C29H33Cl2N3O4S. The van der Waals surface area contributed by atoms with Gasteiger partial charge in [-0.3, -0.25) is 13.9 Å². The minimum Gasteiger partial charge on any atom is -0.352 e. The SMILES string of the molecule is Cc1cccc(N(CC(=O)N(Cc2c(Cl)cccc2Cl)C(Cc2ccccc2)C(=O)NC(C)C)S(C)(=O)=O)c1. The number of carbonyl (C=O) groups is 2. The number of hydrogen-bond acceptors (Lipinski definition) is 4. The summed E-state index contributed by atoms with van der Waals surface area (Å²) in [7, 11) is -3.84. The van der Waals surface area contributed by atoms with E-state index in [4.69, 9.17) is 23.2 Å². The van der Waals surface area contributed by atoms with E-state index in [-0.39, 0.29) is 24.9 Å². The molecule has 3 rings (SSSR count). The van der Waals surface area contributed by atoms with Gasteiger partial charge >= 0.3 is 0 Å². The van der Waals surface area contributed by atoms with Crippen LogP contribution < -0.4 is 9.62 Å². The second kappa shape index (κ2) is 13.3. The standard InChI is InChI=1S/C29H33Cl2N3O4S/c1-20(2)32-29(36)27(17-22-11-6-5-7-12-22)33(18-24-25(30)14-9-15-26(24)31)28(35)19-34(39(4,37)38)23-13-8-10-21(3)16-23/h5-16,20,27H,17-19H2,1-4H3,(H,32,36). The van der Waals surface area contributed by atoms with E-state index in [0.717, 1.165) is 21.7 Å². The summed E-state index contributed by atoms with van der Waals surface area (Å²) in [5.74, 6) is -0.940. The van der Waals surface area contributed by atoms with Gasteiger partial charge in [0.15, 0.2) is 0 Å². The van der Waals surface area contributed by atoms with Gasteiger partial charge in [0.25, 0.3) is 0 Å². The van der Waals surface area contributed by atoms with Gasteiger partial charge in [0.1, 0.15) is 12.6 Å². The molecule has 0 bridgehead atoms. The van der Waals surface area contributed by atoms with Crippen LogP contribution in [0.2, 0.25) is 10.0 Å². The maximum atomic E-state index is 14.1. The van der Waals surface area contributed by atoms with Crippen LogP contribution in [0.1, 0.15) is 30.5 Å². The smallest absolute Gasteiger partial charge is 0.244 e.